The fraction of sp³-hybridized carbons (Fsp3) is 0.632. The van der Waals surface area contributed by atoms with E-state index in [4.69, 9.17) is 4.74 Å². The predicted octanol–water partition coefficient (Wildman–Crippen LogP) is 5.07. The van der Waals surface area contributed by atoms with Gasteiger partial charge in [-0.05, 0) is 98.5 Å². The van der Waals surface area contributed by atoms with E-state index in [1.165, 1.54) is 5.56 Å². The highest BCUT2D eigenvalue weighted by atomic mass is 16.6. The fourth-order valence-corrected chi connectivity index (χ4v) is 12.7. The van der Waals surface area contributed by atoms with Gasteiger partial charge in [-0.15, -0.1) is 0 Å². The summed E-state index contributed by atoms with van der Waals surface area (Å²) in [5, 5.41) is 41.5. The molecule has 6 fully saturated rings. The predicted molar refractivity (Wildman–Crippen MR) is 170 cm³/mol. The number of hydrogen-bond donors (Lipinski definition) is 4. The van der Waals surface area contributed by atoms with Crippen molar-refractivity contribution in [1.82, 2.24) is 0 Å². The van der Waals surface area contributed by atoms with Crippen molar-refractivity contribution < 1.29 is 44.3 Å². The van der Waals surface area contributed by atoms with Gasteiger partial charge in [-0.2, -0.15) is 0 Å². The number of aliphatic hydroxyl groups is 2. The molecule has 0 aromatic heterocycles. The Morgan fingerprint density at radius 3 is 2.40 bits per heavy atom. The number of esters is 1. The van der Waals surface area contributed by atoms with Gasteiger partial charge in [0.25, 0.3) is 0 Å². The molecule has 12 atom stereocenters. The monoisotopic (exact) mass is 646 g/mol. The van der Waals surface area contributed by atoms with Crippen LogP contribution in [-0.2, 0) is 23.9 Å². The number of Topliss-reactive ketones (excluding diaryl/α,β-unsaturated/α-hetero) is 1. The smallest absolute Gasteiger partial charge is 0.316 e. The summed E-state index contributed by atoms with van der Waals surface area (Å²) < 4.78 is 5.87. The van der Waals surface area contributed by atoms with Crippen LogP contribution in [0, 0.1) is 46.3 Å². The Labute approximate surface area is 275 Å². The summed E-state index contributed by atoms with van der Waals surface area (Å²) in [6, 6.07) is 6.11. The number of ketones is 1. The van der Waals surface area contributed by atoms with E-state index in [2.05, 4.69) is 12.6 Å². The number of benzene rings is 1. The zero-order valence-electron chi connectivity index (χ0n) is 26.5. The number of carboxylic acids is 2. The van der Waals surface area contributed by atoms with Crippen molar-refractivity contribution in [3.8, 4) is 0 Å². The first-order valence-corrected chi connectivity index (χ1v) is 16.6. The molecule has 8 aliphatic rings. The number of aliphatic carboxylic acids is 2. The maximum Gasteiger partial charge on any atom is 0.316 e. The molecule has 2 spiro atoms. The lowest BCUT2D eigenvalue weighted by molar-refractivity contribution is -0.163. The Morgan fingerprint density at radius 1 is 1.00 bits per heavy atom. The second kappa shape index (κ2) is 9.44. The topological polar surface area (TPSA) is 158 Å². The molecule has 1 heterocycles. The quantitative estimate of drug-likeness (QED) is 0.254. The Morgan fingerprint density at radius 2 is 1.72 bits per heavy atom. The Hall–Kier alpha value is -3.30. The Bertz CT molecular complexity index is 1690. The molecule has 252 valence electrons. The highest BCUT2D eigenvalue weighted by Gasteiger charge is 2.83. The van der Waals surface area contributed by atoms with E-state index in [1.54, 1.807) is 19.1 Å². The van der Waals surface area contributed by atoms with Crippen molar-refractivity contribution in [3.63, 3.8) is 0 Å². The summed E-state index contributed by atoms with van der Waals surface area (Å²) in [5.74, 6) is -3.92. The fourth-order valence-electron chi connectivity index (χ4n) is 12.7. The molecule has 9 nitrogen and oxygen atoms in total. The van der Waals surface area contributed by atoms with Gasteiger partial charge >= 0.3 is 17.9 Å². The summed E-state index contributed by atoms with van der Waals surface area (Å²) in [5.41, 5.74) is -0.708. The second-order valence-corrected chi connectivity index (χ2v) is 16.4. The number of rotatable bonds is 2. The molecule has 5 saturated carbocycles. The summed E-state index contributed by atoms with van der Waals surface area (Å²) in [7, 11) is 0. The molecule has 1 saturated heterocycles. The molecular formula is C38H46O9. The average molecular weight is 647 g/mol. The van der Waals surface area contributed by atoms with Gasteiger partial charge < -0.3 is 25.2 Å². The van der Waals surface area contributed by atoms with Crippen molar-refractivity contribution in [2.75, 3.05) is 0 Å². The van der Waals surface area contributed by atoms with Crippen LogP contribution in [-0.4, -0.2) is 61.4 Å². The van der Waals surface area contributed by atoms with Gasteiger partial charge in [-0.3, -0.25) is 19.2 Å². The second-order valence-electron chi connectivity index (χ2n) is 16.4. The van der Waals surface area contributed by atoms with Crippen molar-refractivity contribution in [1.29, 1.82) is 0 Å². The van der Waals surface area contributed by atoms with Gasteiger partial charge in [0.2, 0.25) is 0 Å². The van der Waals surface area contributed by atoms with Gasteiger partial charge in [0.15, 0.2) is 0 Å². The third kappa shape index (κ3) is 3.52. The van der Waals surface area contributed by atoms with E-state index < -0.39 is 63.8 Å². The van der Waals surface area contributed by atoms with Gasteiger partial charge in [0.05, 0.1) is 23.5 Å². The number of ether oxygens (including phenoxy) is 1. The lowest BCUT2D eigenvalue weighted by atomic mass is 9.61. The summed E-state index contributed by atoms with van der Waals surface area (Å²) in [6.07, 6.45) is 7.15. The highest BCUT2D eigenvalue weighted by Crippen LogP contribution is 2.77. The largest absolute Gasteiger partial charge is 0.481 e. The minimum absolute atomic E-state index is 0. The molecule has 0 radical (unpaired) electrons. The number of carbonyl (C=O) groups is 4. The van der Waals surface area contributed by atoms with Gasteiger partial charge in [-0.25, -0.2) is 0 Å². The van der Waals surface area contributed by atoms with Crippen molar-refractivity contribution >= 4 is 23.7 Å². The lowest BCUT2D eigenvalue weighted by Gasteiger charge is -2.44. The standard InChI is InChI=1S/C19H22O6.C18H20O3.CH4/c1-9-7-17-8-18(9,24)5-3-10(17)19-6-4-11(20)16(2,15(23)25-19)13(19)12(17)14(21)22;1-10-4-3-5-11-12-6-7-17(2)9-18(12,8-13(17)19)15(14(10)11)16(20)21;/h4,6,10-13,20,24H,1,3,5,7-8H2,2H3,(H,21,22);3-5,12,15H,6-9H2,1-2H3,(H,20,21);1H4/t10-,11+,12-,13-,16-,17+,18+,19-;12-,15+,17-,18+;/m10./s1. The molecule has 1 aromatic carbocycles. The molecule has 6 bridgehead atoms. The van der Waals surface area contributed by atoms with E-state index >= 15 is 0 Å². The van der Waals surface area contributed by atoms with Crippen LogP contribution < -0.4 is 0 Å². The minimum Gasteiger partial charge on any atom is -0.481 e. The molecule has 9 rings (SSSR count). The SMILES string of the molecule is C.C=C1C[C@]23C[C@@]1(O)CC[C@H]2[C@@]12C=C[C@H](O)[C@@](C)(C(=O)O1)[C@H]2[C@@H]3C(=O)O.Cc1cccc2c1[C@H](C(=O)O)[C@@]13CC(=O)[C@@](C)(CC[C@@H]21)C3. The number of carboxylic acid groups (broad SMARTS) is 2. The summed E-state index contributed by atoms with van der Waals surface area (Å²) >= 11 is 0. The van der Waals surface area contributed by atoms with Gasteiger partial charge in [-0.1, -0.05) is 45.2 Å². The molecule has 47 heavy (non-hydrogen) atoms. The molecule has 0 unspecified atom stereocenters. The zero-order valence-corrected chi connectivity index (χ0v) is 26.5. The van der Waals surface area contributed by atoms with E-state index in [0.717, 1.165) is 30.4 Å². The van der Waals surface area contributed by atoms with Crippen LogP contribution in [0.4, 0.5) is 0 Å². The van der Waals surface area contributed by atoms with Crippen LogP contribution in [0.15, 0.2) is 42.5 Å². The highest BCUT2D eigenvalue weighted by molar-refractivity contribution is 5.92. The first-order valence-electron chi connectivity index (χ1n) is 16.6. The number of carbonyl (C=O) groups excluding carboxylic acids is 2. The van der Waals surface area contributed by atoms with E-state index in [-0.39, 0.29) is 35.9 Å². The minimum atomic E-state index is -1.27. The van der Waals surface area contributed by atoms with E-state index in [9.17, 15) is 39.6 Å². The molecule has 4 N–H and O–H groups in total. The van der Waals surface area contributed by atoms with Crippen LogP contribution in [0.25, 0.3) is 0 Å². The maximum atomic E-state index is 12.7. The molecular weight excluding hydrogens is 600 g/mol. The molecule has 1 aliphatic heterocycles. The van der Waals surface area contributed by atoms with Crippen LogP contribution in [0.3, 0.4) is 0 Å². The van der Waals surface area contributed by atoms with Gasteiger partial charge in [0, 0.05) is 29.1 Å². The van der Waals surface area contributed by atoms with Crippen molar-refractivity contribution in [2.45, 2.75) is 109 Å². The third-order valence-corrected chi connectivity index (χ3v) is 14.5. The van der Waals surface area contributed by atoms with Gasteiger partial charge in [0.1, 0.15) is 16.8 Å². The first kappa shape index (κ1) is 32.3. The van der Waals surface area contributed by atoms with Crippen LogP contribution in [0.1, 0.15) is 101 Å². The number of fused-ring (bicyclic) bond motifs is 4. The summed E-state index contributed by atoms with van der Waals surface area (Å²) in [6.45, 7) is 9.68. The zero-order chi connectivity index (χ0) is 33.0. The maximum absolute atomic E-state index is 12.7. The number of hydrogen-bond acceptors (Lipinski definition) is 7. The molecule has 1 aromatic rings. The molecule has 9 heteroatoms. The Kier molecular flexibility index (Phi) is 6.48. The third-order valence-electron chi connectivity index (χ3n) is 14.5. The molecule has 0 amide bonds. The summed E-state index contributed by atoms with van der Waals surface area (Å²) in [4.78, 5) is 49.7. The van der Waals surface area contributed by atoms with E-state index in [0.29, 0.717) is 37.7 Å². The number of aryl methyl sites for hydroxylation is 1. The lowest BCUT2D eigenvalue weighted by Crippen LogP contribution is -2.50. The van der Waals surface area contributed by atoms with Crippen LogP contribution in [0.2, 0.25) is 0 Å². The van der Waals surface area contributed by atoms with Crippen molar-refractivity contribution in [3.05, 3.63) is 59.2 Å². The number of aliphatic hydroxyl groups excluding tert-OH is 1. The van der Waals surface area contributed by atoms with E-state index in [1.807, 2.05) is 26.0 Å². The normalized spacial score (nSPS) is 48.7. The average Bonchev–Trinajstić information content (AvgIpc) is 3.59. The van der Waals surface area contributed by atoms with Crippen molar-refractivity contribution in [2.24, 2.45) is 39.4 Å². The van der Waals surface area contributed by atoms with Crippen LogP contribution >= 0.6 is 0 Å². The Balaban J connectivity index is 0.000000148. The van der Waals surface area contributed by atoms with Crippen LogP contribution in [0.5, 0.6) is 0 Å². The molecule has 7 aliphatic carbocycles. The first-order chi connectivity index (χ1) is 21.5.